The Hall–Kier alpha value is -6.12. The molecule has 0 N–H and O–H groups in total. The average molecular weight is 639 g/mol. The Morgan fingerprint density at radius 3 is 1.74 bits per heavy atom. The van der Waals surface area contributed by atoms with Gasteiger partial charge in [-0.25, -0.2) is 0 Å². The van der Waals surface area contributed by atoms with Crippen LogP contribution < -0.4 is 4.90 Å². The topological polar surface area (TPSA) is 8.17 Å². The molecule has 2 heteroatoms. The van der Waals surface area contributed by atoms with E-state index < -0.39 is 0 Å². The summed E-state index contributed by atoms with van der Waals surface area (Å²) in [4.78, 5) is 2.47. The van der Waals surface area contributed by atoms with Crippen molar-refractivity contribution in [3.63, 3.8) is 0 Å². The predicted molar refractivity (Wildman–Crippen MR) is 212 cm³/mol. The van der Waals surface area contributed by atoms with Crippen molar-refractivity contribution in [2.45, 2.75) is 25.7 Å². The van der Waals surface area contributed by atoms with Crippen molar-refractivity contribution in [1.29, 1.82) is 0 Å². The van der Waals surface area contributed by atoms with E-state index in [1.54, 1.807) is 0 Å². The minimum Gasteiger partial charge on any atom is -0.310 e. The zero-order chi connectivity index (χ0) is 32.8. The average Bonchev–Trinajstić information content (AvgIpc) is 3.51. The third kappa shape index (κ3) is 4.09. The minimum absolute atomic E-state index is 1.14. The first-order valence-corrected chi connectivity index (χ1v) is 17.9. The molecule has 50 heavy (non-hydrogen) atoms. The number of para-hydroxylation sites is 3. The van der Waals surface area contributed by atoms with E-state index in [0.29, 0.717) is 0 Å². The van der Waals surface area contributed by atoms with Crippen LogP contribution in [0.3, 0.4) is 0 Å². The number of aryl methyl sites for hydroxylation is 1. The lowest BCUT2D eigenvalue weighted by Gasteiger charge is -2.31. The van der Waals surface area contributed by atoms with Crippen molar-refractivity contribution >= 4 is 60.4 Å². The highest BCUT2D eigenvalue weighted by Gasteiger charge is 2.25. The molecule has 0 amide bonds. The smallest absolute Gasteiger partial charge is 0.0541 e. The van der Waals surface area contributed by atoms with Crippen molar-refractivity contribution < 1.29 is 0 Å². The van der Waals surface area contributed by atoms with Crippen LogP contribution in [0, 0.1) is 0 Å². The molecule has 0 saturated heterocycles. The summed E-state index contributed by atoms with van der Waals surface area (Å²) in [6.07, 6.45) is 4.84. The summed E-state index contributed by atoms with van der Waals surface area (Å²) in [5.41, 5.74) is 15.8. The van der Waals surface area contributed by atoms with E-state index in [2.05, 4.69) is 167 Å². The lowest BCUT2D eigenvalue weighted by molar-refractivity contribution is 0.686. The molecule has 11 rings (SSSR count). The third-order valence-corrected chi connectivity index (χ3v) is 11.2. The number of hydrogen-bond acceptors (Lipinski definition) is 1. The number of rotatable bonds is 4. The molecule has 0 unspecified atom stereocenters. The number of benzene rings is 8. The summed E-state index contributed by atoms with van der Waals surface area (Å²) in [6, 6.07) is 58.8. The molecular weight excluding hydrogens is 605 g/mol. The van der Waals surface area contributed by atoms with E-state index in [4.69, 9.17) is 0 Å². The zero-order valence-electron chi connectivity index (χ0n) is 27.7. The van der Waals surface area contributed by atoms with Crippen LogP contribution in [0.2, 0.25) is 0 Å². The lowest BCUT2D eigenvalue weighted by Crippen LogP contribution is -2.15. The first-order chi connectivity index (χ1) is 24.8. The van der Waals surface area contributed by atoms with Gasteiger partial charge >= 0.3 is 0 Å². The highest BCUT2D eigenvalue weighted by Crippen LogP contribution is 2.51. The standard InChI is InChI=1S/C48H34N2/c1-2-13-36(14-3-1)49(46-20-10-12-31-11-4-5-15-39(31)46)37-23-21-32-27-42-43-28-33-22-24-38(26-35(33)30-45(43)44(42)29-34(32)25-37)50-47-18-8-6-16-40(47)41-17-7-9-19-48(41)50/h1-3,6-10,12-14,16-30H,4-5,11,15H2. The fraction of sp³-hybridized carbons (Fsp3) is 0.0833. The fourth-order valence-corrected chi connectivity index (χ4v) is 8.85. The van der Waals surface area contributed by atoms with E-state index in [9.17, 15) is 0 Å². The van der Waals surface area contributed by atoms with Gasteiger partial charge in [-0.15, -0.1) is 0 Å². The third-order valence-electron chi connectivity index (χ3n) is 11.2. The second-order valence-corrected chi connectivity index (χ2v) is 14.0. The van der Waals surface area contributed by atoms with Crippen LogP contribution >= 0.6 is 0 Å². The van der Waals surface area contributed by atoms with E-state index in [0.717, 1.165) is 6.42 Å². The SMILES string of the molecule is c1ccc(N(c2ccc3cc4c(cc3c2)-c2cc3cc(-n5c6ccccc6c6ccccc65)ccc3cc2-4)c2cccc3c2CCCC3)cc1. The molecule has 8 aromatic carbocycles. The van der Waals surface area contributed by atoms with Crippen molar-refractivity contribution in [2.75, 3.05) is 4.90 Å². The van der Waals surface area contributed by atoms with Crippen LogP contribution in [0.5, 0.6) is 0 Å². The molecule has 0 atom stereocenters. The molecule has 0 spiro atoms. The largest absolute Gasteiger partial charge is 0.310 e. The van der Waals surface area contributed by atoms with Crippen molar-refractivity contribution in [2.24, 2.45) is 0 Å². The molecule has 0 bridgehead atoms. The van der Waals surface area contributed by atoms with E-state index >= 15 is 0 Å². The van der Waals surface area contributed by atoms with E-state index in [1.807, 2.05) is 0 Å². The van der Waals surface area contributed by atoms with Gasteiger partial charge in [0, 0.05) is 33.5 Å². The van der Waals surface area contributed by atoms with E-state index in [-0.39, 0.29) is 0 Å². The molecule has 0 radical (unpaired) electrons. The van der Waals surface area contributed by atoms with Gasteiger partial charge in [0.1, 0.15) is 0 Å². The molecular formula is C48H34N2. The van der Waals surface area contributed by atoms with Crippen molar-refractivity contribution in [3.05, 3.63) is 169 Å². The van der Waals surface area contributed by atoms with Crippen LogP contribution in [-0.4, -0.2) is 4.57 Å². The van der Waals surface area contributed by atoms with Crippen molar-refractivity contribution in [3.8, 4) is 27.9 Å². The maximum absolute atomic E-state index is 2.47. The molecule has 1 heterocycles. The zero-order valence-corrected chi connectivity index (χ0v) is 27.7. The maximum Gasteiger partial charge on any atom is 0.0541 e. The molecule has 1 aromatic heterocycles. The maximum atomic E-state index is 2.47. The van der Waals surface area contributed by atoms with Gasteiger partial charge in [-0.05, 0) is 159 Å². The van der Waals surface area contributed by atoms with Crippen molar-refractivity contribution in [1.82, 2.24) is 4.57 Å². The van der Waals surface area contributed by atoms with Gasteiger partial charge in [-0.2, -0.15) is 0 Å². The Kier molecular flexibility index (Phi) is 5.94. The minimum atomic E-state index is 1.14. The Morgan fingerprint density at radius 2 is 1.02 bits per heavy atom. The summed E-state index contributed by atoms with van der Waals surface area (Å²) in [7, 11) is 0. The van der Waals surface area contributed by atoms with Crippen LogP contribution in [0.25, 0.3) is 71.3 Å². The number of anilines is 3. The first kappa shape index (κ1) is 27.8. The Balaban J connectivity index is 1.03. The Labute approximate surface area is 291 Å². The molecule has 2 aliphatic carbocycles. The van der Waals surface area contributed by atoms with Gasteiger partial charge in [-0.1, -0.05) is 78.9 Å². The van der Waals surface area contributed by atoms with Gasteiger partial charge in [0.25, 0.3) is 0 Å². The van der Waals surface area contributed by atoms with Crippen LogP contribution in [0.4, 0.5) is 17.1 Å². The van der Waals surface area contributed by atoms with E-state index in [1.165, 1.54) is 119 Å². The summed E-state index contributed by atoms with van der Waals surface area (Å²) in [6.45, 7) is 0. The van der Waals surface area contributed by atoms with Crippen LogP contribution in [0.1, 0.15) is 24.0 Å². The molecule has 2 aliphatic rings. The second-order valence-electron chi connectivity index (χ2n) is 14.0. The summed E-state index contributed by atoms with van der Waals surface area (Å²) < 4.78 is 2.41. The number of aromatic nitrogens is 1. The molecule has 9 aromatic rings. The van der Waals surface area contributed by atoms with Gasteiger partial charge in [0.05, 0.1) is 11.0 Å². The first-order valence-electron chi connectivity index (χ1n) is 17.9. The molecule has 0 fully saturated rings. The molecule has 0 aliphatic heterocycles. The molecule has 236 valence electrons. The van der Waals surface area contributed by atoms with Gasteiger partial charge in [0.2, 0.25) is 0 Å². The monoisotopic (exact) mass is 638 g/mol. The van der Waals surface area contributed by atoms with Gasteiger partial charge in [0.15, 0.2) is 0 Å². The lowest BCUT2D eigenvalue weighted by atomic mass is 9.78. The highest BCUT2D eigenvalue weighted by atomic mass is 15.1. The Morgan fingerprint density at radius 1 is 0.420 bits per heavy atom. The summed E-state index contributed by atoms with van der Waals surface area (Å²) in [5, 5.41) is 7.68. The summed E-state index contributed by atoms with van der Waals surface area (Å²) >= 11 is 0. The summed E-state index contributed by atoms with van der Waals surface area (Å²) in [5.74, 6) is 0. The van der Waals surface area contributed by atoms with Gasteiger partial charge < -0.3 is 9.47 Å². The number of nitrogens with zero attached hydrogens (tertiary/aromatic N) is 2. The number of hydrogen-bond donors (Lipinski definition) is 0. The van der Waals surface area contributed by atoms with Crippen LogP contribution in [-0.2, 0) is 12.8 Å². The quantitative estimate of drug-likeness (QED) is 0.186. The van der Waals surface area contributed by atoms with Gasteiger partial charge in [-0.3, -0.25) is 0 Å². The fourth-order valence-electron chi connectivity index (χ4n) is 8.85. The molecule has 0 saturated carbocycles. The highest BCUT2D eigenvalue weighted by molar-refractivity contribution is 6.13. The molecule has 2 nitrogen and oxygen atoms in total. The predicted octanol–water partition coefficient (Wildman–Crippen LogP) is 13.1. The number of fused-ring (bicyclic) bond motifs is 10. The van der Waals surface area contributed by atoms with Crippen LogP contribution in [0.15, 0.2) is 158 Å². The Bertz CT molecular complexity index is 2770. The second kappa shape index (κ2) is 10.7. The normalized spacial score (nSPS) is 13.3.